The molecule has 0 saturated heterocycles. The Balaban J connectivity index is 1.86. The average molecular weight is 468 g/mol. The van der Waals surface area contributed by atoms with Gasteiger partial charge < -0.3 is 24.3 Å². The van der Waals surface area contributed by atoms with E-state index in [1.807, 2.05) is 30.3 Å². The molecule has 1 N–H and O–H groups in total. The lowest BCUT2D eigenvalue weighted by atomic mass is 10.1. The minimum atomic E-state index is -0.486. The van der Waals surface area contributed by atoms with Crippen molar-refractivity contribution in [2.45, 2.75) is 6.92 Å². The van der Waals surface area contributed by atoms with Gasteiger partial charge in [-0.25, -0.2) is 4.79 Å². The largest absolute Gasteiger partial charge is 0.493 e. The number of esters is 1. The van der Waals surface area contributed by atoms with Crippen LogP contribution in [-0.2, 0) is 9.53 Å². The maximum absolute atomic E-state index is 12.7. The van der Waals surface area contributed by atoms with Crippen molar-refractivity contribution in [1.29, 1.82) is 0 Å². The lowest BCUT2D eigenvalue weighted by Gasteiger charge is -2.12. The number of benzene rings is 2. The molecule has 8 heteroatoms. The highest BCUT2D eigenvalue weighted by Crippen LogP contribution is 2.39. The van der Waals surface area contributed by atoms with E-state index < -0.39 is 11.9 Å². The van der Waals surface area contributed by atoms with Crippen molar-refractivity contribution in [2.24, 2.45) is 0 Å². The molecule has 1 amide bonds. The fourth-order valence-corrected chi connectivity index (χ4v) is 4.17. The van der Waals surface area contributed by atoms with E-state index in [-0.39, 0.29) is 6.61 Å². The Bertz CT molecular complexity index is 1130. The molecule has 33 heavy (non-hydrogen) atoms. The third kappa shape index (κ3) is 5.72. The summed E-state index contributed by atoms with van der Waals surface area (Å²) in [7, 11) is 4.57. The molecule has 7 nitrogen and oxygen atoms in total. The molecule has 3 aromatic rings. The van der Waals surface area contributed by atoms with Crippen LogP contribution in [0.5, 0.6) is 17.2 Å². The van der Waals surface area contributed by atoms with Gasteiger partial charge in [-0.1, -0.05) is 30.3 Å². The summed E-state index contributed by atoms with van der Waals surface area (Å²) in [5.74, 6) is 0.544. The smallest absolute Gasteiger partial charge is 0.341 e. The summed E-state index contributed by atoms with van der Waals surface area (Å²) in [5.41, 5.74) is 1.94. The summed E-state index contributed by atoms with van der Waals surface area (Å²) in [6.45, 7) is 1.98. The first-order chi connectivity index (χ1) is 16.0. The zero-order valence-electron chi connectivity index (χ0n) is 18.8. The number of ether oxygens (including phenoxy) is 4. The highest BCUT2D eigenvalue weighted by molar-refractivity contribution is 7.20. The molecule has 1 aromatic heterocycles. The van der Waals surface area contributed by atoms with Crippen LogP contribution in [0.2, 0.25) is 0 Å². The van der Waals surface area contributed by atoms with Crippen molar-refractivity contribution in [1.82, 2.24) is 0 Å². The van der Waals surface area contributed by atoms with Crippen molar-refractivity contribution in [3.05, 3.63) is 65.7 Å². The Morgan fingerprint density at radius 1 is 0.970 bits per heavy atom. The Hall–Kier alpha value is -3.78. The molecule has 0 aliphatic rings. The minimum Gasteiger partial charge on any atom is -0.493 e. The molecular weight excluding hydrogens is 442 g/mol. The van der Waals surface area contributed by atoms with Crippen LogP contribution in [0.1, 0.15) is 22.8 Å². The van der Waals surface area contributed by atoms with Crippen molar-refractivity contribution in [3.63, 3.8) is 0 Å². The number of rotatable bonds is 9. The molecule has 0 unspecified atom stereocenters. The number of methoxy groups -OCH3 is 3. The van der Waals surface area contributed by atoms with E-state index in [0.29, 0.717) is 33.4 Å². The summed E-state index contributed by atoms with van der Waals surface area (Å²) < 4.78 is 21.2. The number of carbonyl (C=O) groups is 2. The third-order valence-corrected chi connectivity index (χ3v) is 5.74. The highest BCUT2D eigenvalue weighted by atomic mass is 32.1. The molecule has 172 valence electrons. The fraction of sp³-hybridized carbons (Fsp3) is 0.200. The lowest BCUT2D eigenvalue weighted by Crippen LogP contribution is -2.11. The second kappa shape index (κ2) is 11.2. The standard InChI is InChI=1S/C25H25NO6S/c1-5-32-25(28)18-15-21(17-9-7-6-8-10-17)33-24(18)26-22(27)12-11-16-13-19(29-2)23(31-4)20(14-16)30-3/h6-15H,5H2,1-4H3,(H,26,27)/b12-11+. The first-order valence-electron chi connectivity index (χ1n) is 10.2. The monoisotopic (exact) mass is 467 g/mol. The van der Waals surface area contributed by atoms with Gasteiger partial charge in [0.05, 0.1) is 33.5 Å². The SMILES string of the molecule is CCOC(=O)c1cc(-c2ccccc2)sc1NC(=O)/C=C/c1cc(OC)c(OC)c(OC)c1. The van der Waals surface area contributed by atoms with E-state index in [2.05, 4.69) is 5.32 Å². The molecule has 0 fully saturated rings. The number of amides is 1. The minimum absolute atomic E-state index is 0.240. The second-order valence-corrected chi connectivity index (χ2v) is 7.77. The maximum atomic E-state index is 12.7. The number of nitrogens with one attached hydrogen (secondary N) is 1. The van der Waals surface area contributed by atoms with Crippen molar-refractivity contribution in [2.75, 3.05) is 33.3 Å². The van der Waals surface area contributed by atoms with E-state index in [1.165, 1.54) is 38.7 Å². The number of thiophene rings is 1. The number of hydrogen-bond donors (Lipinski definition) is 1. The summed E-state index contributed by atoms with van der Waals surface area (Å²) in [4.78, 5) is 26.0. The van der Waals surface area contributed by atoms with Crippen molar-refractivity contribution in [3.8, 4) is 27.7 Å². The van der Waals surface area contributed by atoms with Gasteiger partial charge in [-0.3, -0.25) is 4.79 Å². The first-order valence-corrected chi connectivity index (χ1v) is 11.0. The van der Waals surface area contributed by atoms with Crippen LogP contribution < -0.4 is 19.5 Å². The zero-order valence-corrected chi connectivity index (χ0v) is 19.7. The Kier molecular flexibility index (Phi) is 8.10. The predicted octanol–water partition coefficient (Wildman–Crippen LogP) is 5.27. The van der Waals surface area contributed by atoms with E-state index in [1.54, 1.807) is 31.2 Å². The molecule has 0 saturated carbocycles. The van der Waals surface area contributed by atoms with Gasteiger partial charge in [0, 0.05) is 11.0 Å². The second-order valence-electron chi connectivity index (χ2n) is 6.72. The Morgan fingerprint density at radius 2 is 1.64 bits per heavy atom. The Labute approximate surface area is 196 Å². The van der Waals surface area contributed by atoms with Crippen LogP contribution in [0.25, 0.3) is 16.5 Å². The van der Waals surface area contributed by atoms with Gasteiger partial charge in [0.2, 0.25) is 11.7 Å². The third-order valence-electron chi connectivity index (χ3n) is 4.64. The predicted molar refractivity (Wildman–Crippen MR) is 129 cm³/mol. The molecule has 0 radical (unpaired) electrons. The van der Waals surface area contributed by atoms with E-state index in [0.717, 1.165) is 10.4 Å². The number of carbonyl (C=O) groups excluding carboxylic acids is 2. The number of hydrogen-bond acceptors (Lipinski definition) is 7. The highest BCUT2D eigenvalue weighted by Gasteiger charge is 2.19. The van der Waals surface area contributed by atoms with Crippen molar-refractivity contribution < 1.29 is 28.5 Å². The summed E-state index contributed by atoms with van der Waals surface area (Å²) in [6.07, 6.45) is 2.99. The van der Waals surface area contributed by atoms with E-state index in [9.17, 15) is 9.59 Å². The van der Waals surface area contributed by atoms with E-state index in [4.69, 9.17) is 18.9 Å². The molecule has 3 rings (SSSR count). The quantitative estimate of drug-likeness (QED) is 0.341. The fourth-order valence-electron chi connectivity index (χ4n) is 3.11. The van der Waals surface area contributed by atoms with E-state index >= 15 is 0 Å². The summed E-state index contributed by atoms with van der Waals surface area (Å²) >= 11 is 1.31. The van der Waals surface area contributed by atoms with Gasteiger partial charge >= 0.3 is 5.97 Å². The molecule has 0 atom stereocenters. The van der Waals surface area contributed by atoms with Crippen LogP contribution in [0.3, 0.4) is 0 Å². The van der Waals surface area contributed by atoms with Gasteiger partial charge in [-0.05, 0) is 42.3 Å². The Morgan fingerprint density at radius 3 is 2.21 bits per heavy atom. The van der Waals surface area contributed by atoms with Gasteiger partial charge in [0.25, 0.3) is 0 Å². The lowest BCUT2D eigenvalue weighted by molar-refractivity contribution is -0.111. The van der Waals surface area contributed by atoms with Crippen LogP contribution in [-0.4, -0.2) is 39.8 Å². The maximum Gasteiger partial charge on any atom is 0.341 e. The van der Waals surface area contributed by atoms with Gasteiger partial charge in [0.1, 0.15) is 5.00 Å². The zero-order chi connectivity index (χ0) is 23.8. The topological polar surface area (TPSA) is 83.1 Å². The molecule has 0 aliphatic heterocycles. The van der Waals surface area contributed by atoms with Crippen LogP contribution >= 0.6 is 11.3 Å². The molecule has 0 spiro atoms. The molecule has 1 heterocycles. The summed E-state index contributed by atoms with van der Waals surface area (Å²) in [5, 5.41) is 3.22. The average Bonchev–Trinajstić information content (AvgIpc) is 3.26. The van der Waals surface area contributed by atoms with Gasteiger partial charge in [-0.15, -0.1) is 11.3 Å². The van der Waals surface area contributed by atoms with Gasteiger partial charge in [0.15, 0.2) is 11.5 Å². The van der Waals surface area contributed by atoms with Crippen LogP contribution in [0.15, 0.2) is 54.6 Å². The van der Waals surface area contributed by atoms with Crippen LogP contribution in [0.4, 0.5) is 5.00 Å². The normalized spacial score (nSPS) is 10.7. The molecule has 2 aromatic carbocycles. The van der Waals surface area contributed by atoms with Gasteiger partial charge in [-0.2, -0.15) is 0 Å². The first kappa shape index (κ1) is 23.9. The molecule has 0 bridgehead atoms. The molecular formula is C25H25NO6S. The molecule has 0 aliphatic carbocycles. The number of anilines is 1. The van der Waals surface area contributed by atoms with Crippen molar-refractivity contribution >= 4 is 34.3 Å². The summed E-state index contributed by atoms with van der Waals surface area (Å²) in [6, 6.07) is 14.8. The van der Waals surface area contributed by atoms with Crippen LogP contribution in [0, 0.1) is 0 Å².